The standard InChI is InChI=1S/C12H23N3O2S/c1-5-10(2)8-15(4)18(16,17)12-6-11(7-13)14(3)9-12/h6,9-10H,5,7-8,13H2,1-4H3. The van der Waals surface area contributed by atoms with Crippen LogP contribution in [0.1, 0.15) is 26.0 Å². The first-order chi connectivity index (χ1) is 8.32. The molecule has 0 amide bonds. The summed E-state index contributed by atoms with van der Waals surface area (Å²) in [6, 6.07) is 1.64. The second-order valence-corrected chi connectivity index (χ2v) is 6.83. The second-order valence-electron chi connectivity index (χ2n) is 4.78. The van der Waals surface area contributed by atoms with E-state index in [1.54, 1.807) is 30.9 Å². The van der Waals surface area contributed by atoms with Crippen LogP contribution in [-0.4, -0.2) is 30.9 Å². The molecule has 0 saturated carbocycles. The Morgan fingerprint density at radius 2 is 2.11 bits per heavy atom. The lowest BCUT2D eigenvalue weighted by Crippen LogP contribution is -2.30. The van der Waals surface area contributed by atoms with Crippen molar-refractivity contribution in [3.05, 3.63) is 18.0 Å². The van der Waals surface area contributed by atoms with Gasteiger partial charge in [0.1, 0.15) is 4.90 Å². The van der Waals surface area contributed by atoms with Crippen LogP contribution < -0.4 is 5.73 Å². The molecule has 1 unspecified atom stereocenters. The van der Waals surface area contributed by atoms with Gasteiger partial charge in [-0.25, -0.2) is 12.7 Å². The van der Waals surface area contributed by atoms with Crippen molar-refractivity contribution in [3.8, 4) is 0 Å². The van der Waals surface area contributed by atoms with Crippen LogP contribution in [0.4, 0.5) is 0 Å². The van der Waals surface area contributed by atoms with Crippen molar-refractivity contribution < 1.29 is 8.42 Å². The van der Waals surface area contributed by atoms with Crippen LogP contribution in [0.25, 0.3) is 0 Å². The molecule has 18 heavy (non-hydrogen) atoms. The van der Waals surface area contributed by atoms with E-state index in [0.29, 0.717) is 23.9 Å². The molecule has 0 aliphatic rings. The van der Waals surface area contributed by atoms with Crippen LogP contribution in [-0.2, 0) is 23.6 Å². The third-order valence-electron chi connectivity index (χ3n) is 3.27. The number of hydrogen-bond donors (Lipinski definition) is 1. The summed E-state index contributed by atoms with van der Waals surface area (Å²) in [6.45, 7) is 4.97. The molecule has 1 aromatic heterocycles. The fraction of sp³-hybridized carbons (Fsp3) is 0.667. The molecule has 6 heteroatoms. The van der Waals surface area contributed by atoms with Crippen molar-refractivity contribution in [1.29, 1.82) is 0 Å². The van der Waals surface area contributed by atoms with Gasteiger partial charge in [-0.05, 0) is 12.0 Å². The summed E-state index contributed by atoms with van der Waals surface area (Å²) in [6.07, 6.45) is 2.58. The molecule has 0 spiro atoms. The van der Waals surface area contributed by atoms with E-state index >= 15 is 0 Å². The highest BCUT2D eigenvalue weighted by molar-refractivity contribution is 7.89. The second kappa shape index (κ2) is 5.86. The number of aromatic nitrogens is 1. The van der Waals surface area contributed by atoms with Crippen molar-refractivity contribution in [2.45, 2.75) is 31.7 Å². The third kappa shape index (κ3) is 3.13. The first kappa shape index (κ1) is 15.2. The minimum Gasteiger partial charge on any atom is -0.352 e. The largest absolute Gasteiger partial charge is 0.352 e. The first-order valence-corrected chi connectivity index (χ1v) is 7.58. The zero-order chi connectivity index (χ0) is 13.9. The molecule has 0 saturated heterocycles. The van der Waals surface area contributed by atoms with E-state index < -0.39 is 10.0 Å². The Labute approximate surface area is 110 Å². The van der Waals surface area contributed by atoms with Crippen molar-refractivity contribution >= 4 is 10.0 Å². The Hall–Kier alpha value is -0.850. The van der Waals surface area contributed by atoms with E-state index in [-0.39, 0.29) is 0 Å². The van der Waals surface area contributed by atoms with Crippen molar-refractivity contribution in [2.75, 3.05) is 13.6 Å². The lowest BCUT2D eigenvalue weighted by atomic mass is 10.1. The van der Waals surface area contributed by atoms with Gasteiger partial charge in [0.05, 0.1) is 0 Å². The van der Waals surface area contributed by atoms with Crippen molar-refractivity contribution in [1.82, 2.24) is 8.87 Å². The maximum atomic E-state index is 12.3. The molecule has 5 nitrogen and oxygen atoms in total. The molecule has 1 aromatic rings. The Morgan fingerprint density at radius 3 is 2.56 bits per heavy atom. The topological polar surface area (TPSA) is 68.3 Å². The molecule has 0 bridgehead atoms. The summed E-state index contributed by atoms with van der Waals surface area (Å²) < 4.78 is 27.8. The van der Waals surface area contributed by atoms with Crippen LogP contribution in [0.5, 0.6) is 0 Å². The minimum atomic E-state index is -3.40. The monoisotopic (exact) mass is 273 g/mol. The smallest absolute Gasteiger partial charge is 0.244 e. The number of rotatable bonds is 6. The summed E-state index contributed by atoms with van der Waals surface area (Å²) in [4.78, 5) is 0.316. The number of nitrogens with zero attached hydrogens (tertiary/aromatic N) is 2. The van der Waals surface area contributed by atoms with Gasteiger partial charge in [-0.2, -0.15) is 0 Å². The zero-order valence-corrected chi connectivity index (χ0v) is 12.4. The SMILES string of the molecule is CCC(C)CN(C)S(=O)(=O)c1cc(CN)n(C)c1. The quantitative estimate of drug-likeness (QED) is 0.845. The van der Waals surface area contributed by atoms with Crippen molar-refractivity contribution in [3.63, 3.8) is 0 Å². The summed E-state index contributed by atoms with van der Waals surface area (Å²) in [5.41, 5.74) is 6.37. The average Bonchev–Trinajstić information content (AvgIpc) is 2.70. The van der Waals surface area contributed by atoms with Crippen LogP contribution in [0.3, 0.4) is 0 Å². The van der Waals surface area contributed by atoms with Crippen LogP contribution in [0, 0.1) is 5.92 Å². The molecule has 0 radical (unpaired) electrons. The van der Waals surface area contributed by atoms with Crippen LogP contribution in [0.2, 0.25) is 0 Å². The molecule has 0 aliphatic carbocycles. The lowest BCUT2D eigenvalue weighted by Gasteiger charge is -2.19. The minimum absolute atomic E-state index is 0.316. The van der Waals surface area contributed by atoms with Gasteiger partial charge in [0.25, 0.3) is 0 Å². The molecule has 104 valence electrons. The Balaban J connectivity index is 2.98. The normalized spacial score (nSPS) is 14.1. The van der Waals surface area contributed by atoms with E-state index in [1.807, 2.05) is 6.92 Å². The number of sulfonamides is 1. The maximum absolute atomic E-state index is 12.3. The fourth-order valence-electron chi connectivity index (χ4n) is 1.77. The van der Waals surface area contributed by atoms with Crippen LogP contribution in [0.15, 0.2) is 17.2 Å². The van der Waals surface area contributed by atoms with E-state index in [1.165, 1.54) is 4.31 Å². The van der Waals surface area contributed by atoms with E-state index in [2.05, 4.69) is 6.92 Å². The lowest BCUT2D eigenvalue weighted by molar-refractivity contribution is 0.393. The Kier molecular flexibility index (Phi) is 4.95. The van der Waals surface area contributed by atoms with Gasteiger partial charge in [-0.3, -0.25) is 0 Å². The highest BCUT2D eigenvalue weighted by Crippen LogP contribution is 2.18. The number of aryl methyl sites for hydroxylation is 1. The highest BCUT2D eigenvalue weighted by atomic mass is 32.2. The predicted octanol–water partition coefficient (Wildman–Crippen LogP) is 1.15. The Bertz CT molecular complexity index is 493. The fourth-order valence-corrected chi connectivity index (χ4v) is 3.15. The molecule has 0 aliphatic heterocycles. The average molecular weight is 273 g/mol. The van der Waals surface area contributed by atoms with Gasteiger partial charge < -0.3 is 10.3 Å². The third-order valence-corrected chi connectivity index (χ3v) is 5.05. The first-order valence-electron chi connectivity index (χ1n) is 6.14. The zero-order valence-electron chi connectivity index (χ0n) is 11.5. The molecular weight excluding hydrogens is 250 g/mol. The van der Waals surface area contributed by atoms with Gasteiger partial charge in [0, 0.05) is 39.1 Å². The summed E-state index contributed by atoms with van der Waals surface area (Å²) >= 11 is 0. The van der Waals surface area contributed by atoms with E-state index in [0.717, 1.165) is 12.1 Å². The molecule has 1 rings (SSSR count). The van der Waals surface area contributed by atoms with Gasteiger partial charge >= 0.3 is 0 Å². The van der Waals surface area contributed by atoms with Gasteiger partial charge in [-0.15, -0.1) is 0 Å². The highest BCUT2D eigenvalue weighted by Gasteiger charge is 2.23. The number of hydrogen-bond acceptors (Lipinski definition) is 3. The van der Waals surface area contributed by atoms with Crippen LogP contribution >= 0.6 is 0 Å². The molecular formula is C12H23N3O2S. The Morgan fingerprint density at radius 1 is 1.50 bits per heavy atom. The van der Waals surface area contributed by atoms with Gasteiger partial charge in [0.15, 0.2) is 0 Å². The summed E-state index contributed by atoms with van der Waals surface area (Å²) in [5, 5.41) is 0. The van der Waals surface area contributed by atoms with Crippen molar-refractivity contribution in [2.24, 2.45) is 18.7 Å². The molecule has 2 N–H and O–H groups in total. The van der Waals surface area contributed by atoms with E-state index in [4.69, 9.17) is 5.73 Å². The van der Waals surface area contributed by atoms with E-state index in [9.17, 15) is 8.42 Å². The van der Waals surface area contributed by atoms with Gasteiger partial charge in [-0.1, -0.05) is 20.3 Å². The molecule has 1 heterocycles. The van der Waals surface area contributed by atoms with Gasteiger partial charge in [0.2, 0.25) is 10.0 Å². The molecule has 0 fully saturated rings. The summed E-state index contributed by atoms with van der Waals surface area (Å²) in [5.74, 6) is 0.350. The summed E-state index contributed by atoms with van der Waals surface area (Å²) in [7, 11) is 0.0242. The maximum Gasteiger partial charge on any atom is 0.244 e. The molecule has 1 atom stereocenters. The number of nitrogens with two attached hydrogens (primary N) is 1. The predicted molar refractivity (Wildman–Crippen MR) is 72.6 cm³/mol. The molecule has 0 aromatic carbocycles.